The molecule has 1 amide bonds. The zero-order chi connectivity index (χ0) is 14.4. The molecule has 0 fully saturated rings. The monoisotopic (exact) mass is 274 g/mol. The van der Waals surface area contributed by atoms with Crippen LogP contribution in [0.2, 0.25) is 0 Å². The summed E-state index contributed by atoms with van der Waals surface area (Å²) in [6.07, 6.45) is 1.27. The van der Waals surface area contributed by atoms with Gasteiger partial charge in [-0.25, -0.2) is 0 Å². The van der Waals surface area contributed by atoms with Crippen molar-refractivity contribution in [2.45, 2.75) is 26.7 Å². The highest BCUT2D eigenvalue weighted by atomic mass is 16.5. The van der Waals surface area contributed by atoms with Gasteiger partial charge in [-0.15, -0.1) is 0 Å². The lowest BCUT2D eigenvalue weighted by atomic mass is 10.1. The fourth-order valence-corrected chi connectivity index (χ4v) is 2.33. The molecule has 1 aromatic carbocycles. The van der Waals surface area contributed by atoms with Crippen molar-refractivity contribution in [3.8, 4) is 0 Å². The molecule has 1 heterocycles. The first kappa shape index (κ1) is 14.6. The third-order valence-corrected chi connectivity index (χ3v) is 3.36. The highest BCUT2D eigenvalue weighted by molar-refractivity contribution is 5.90. The SMILES string of the molecule is CCOCCCNC(=O)Cc1c(C)[nH]c2ccccc12. The Bertz CT molecular complexity index is 575. The largest absolute Gasteiger partial charge is 0.382 e. The maximum absolute atomic E-state index is 12.0. The molecule has 0 aliphatic carbocycles. The van der Waals surface area contributed by atoms with Gasteiger partial charge in [0.15, 0.2) is 0 Å². The standard InChI is InChI=1S/C16H22N2O2/c1-3-20-10-6-9-17-16(19)11-14-12(2)18-15-8-5-4-7-13(14)15/h4-5,7-8,18H,3,6,9-11H2,1-2H3,(H,17,19). The molecule has 2 N–H and O–H groups in total. The van der Waals surface area contributed by atoms with Crippen LogP contribution in [0.1, 0.15) is 24.6 Å². The van der Waals surface area contributed by atoms with E-state index in [1.54, 1.807) is 0 Å². The predicted octanol–water partition coefficient (Wildman–Crippen LogP) is 2.56. The van der Waals surface area contributed by atoms with Crippen molar-refractivity contribution >= 4 is 16.8 Å². The number of H-pyrrole nitrogens is 1. The van der Waals surface area contributed by atoms with Gasteiger partial charge < -0.3 is 15.0 Å². The molecule has 108 valence electrons. The first-order valence-corrected chi connectivity index (χ1v) is 7.13. The van der Waals surface area contributed by atoms with E-state index in [1.165, 1.54) is 0 Å². The number of benzene rings is 1. The van der Waals surface area contributed by atoms with E-state index >= 15 is 0 Å². The van der Waals surface area contributed by atoms with E-state index in [0.717, 1.165) is 35.2 Å². The number of rotatable bonds is 7. The van der Waals surface area contributed by atoms with Crippen molar-refractivity contribution < 1.29 is 9.53 Å². The topological polar surface area (TPSA) is 54.1 Å². The average molecular weight is 274 g/mol. The maximum atomic E-state index is 12.0. The third-order valence-electron chi connectivity index (χ3n) is 3.36. The van der Waals surface area contributed by atoms with Gasteiger partial charge in [-0.2, -0.15) is 0 Å². The average Bonchev–Trinajstić information content (AvgIpc) is 2.75. The summed E-state index contributed by atoms with van der Waals surface area (Å²) < 4.78 is 5.24. The molecule has 0 bridgehead atoms. The molecule has 2 rings (SSSR count). The highest BCUT2D eigenvalue weighted by Gasteiger charge is 2.11. The van der Waals surface area contributed by atoms with Crippen molar-refractivity contribution in [2.75, 3.05) is 19.8 Å². The second-order valence-electron chi connectivity index (χ2n) is 4.85. The van der Waals surface area contributed by atoms with Crippen LogP contribution < -0.4 is 5.32 Å². The molecular weight excluding hydrogens is 252 g/mol. The number of para-hydroxylation sites is 1. The minimum absolute atomic E-state index is 0.0642. The van der Waals surface area contributed by atoms with Crippen molar-refractivity contribution in [1.29, 1.82) is 0 Å². The Labute approximate surface area is 119 Å². The summed E-state index contributed by atoms with van der Waals surface area (Å²) in [5, 5.41) is 4.07. The normalized spacial score (nSPS) is 10.9. The molecule has 0 radical (unpaired) electrons. The Balaban J connectivity index is 1.91. The lowest BCUT2D eigenvalue weighted by Crippen LogP contribution is -2.27. The van der Waals surface area contributed by atoms with E-state index in [9.17, 15) is 4.79 Å². The number of hydrogen-bond acceptors (Lipinski definition) is 2. The fourth-order valence-electron chi connectivity index (χ4n) is 2.33. The van der Waals surface area contributed by atoms with Crippen LogP contribution in [0.5, 0.6) is 0 Å². The summed E-state index contributed by atoms with van der Waals surface area (Å²) in [5.41, 5.74) is 3.24. The number of ether oxygens (including phenoxy) is 1. The van der Waals surface area contributed by atoms with Crippen molar-refractivity contribution in [2.24, 2.45) is 0 Å². The Morgan fingerprint density at radius 3 is 2.95 bits per heavy atom. The Hall–Kier alpha value is -1.81. The van der Waals surface area contributed by atoms with Crippen LogP contribution in [-0.4, -0.2) is 30.6 Å². The predicted molar refractivity (Wildman–Crippen MR) is 80.9 cm³/mol. The number of aromatic amines is 1. The summed E-state index contributed by atoms with van der Waals surface area (Å²) in [7, 11) is 0. The van der Waals surface area contributed by atoms with E-state index in [4.69, 9.17) is 4.74 Å². The lowest BCUT2D eigenvalue weighted by molar-refractivity contribution is -0.120. The van der Waals surface area contributed by atoms with Crippen LogP contribution in [0.3, 0.4) is 0 Å². The van der Waals surface area contributed by atoms with Gasteiger partial charge in [0.25, 0.3) is 0 Å². The van der Waals surface area contributed by atoms with Gasteiger partial charge in [-0.05, 0) is 31.9 Å². The van der Waals surface area contributed by atoms with Gasteiger partial charge in [-0.3, -0.25) is 4.79 Å². The minimum Gasteiger partial charge on any atom is -0.382 e. The molecule has 0 saturated heterocycles. The van der Waals surface area contributed by atoms with Crippen LogP contribution >= 0.6 is 0 Å². The van der Waals surface area contributed by atoms with Crippen molar-refractivity contribution in [3.63, 3.8) is 0 Å². The summed E-state index contributed by atoms with van der Waals surface area (Å²) in [6.45, 7) is 6.07. The first-order valence-electron chi connectivity index (χ1n) is 7.13. The van der Waals surface area contributed by atoms with Crippen LogP contribution in [0.4, 0.5) is 0 Å². The van der Waals surface area contributed by atoms with Crippen LogP contribution in [0.25, 0.3) is 10.9 Å². The molecule has 0 unspecified atom stereocenters. The maximum Gasteiger partial charge on any atom is 0.224 e. The summed E-state index contributed by atoms with van der Waals surface area (Å²) in [5.74, 6) is 0.0642. The van der Waals surface area contributed by atoms with E-state index < -0.39 is 0 Å². The Kier molecular flexibility index (Phi) is 5.18. The molecule has 1 aromatic heterocycles. The van der Waals surface area contributed by atoms with E-state index in [1.807, 2.05) is 32.0 Å². The molecule has 0 aliphatic heterocycles. The molecule has 2 aromatic rings. The summed E-state index contributed by atoms with van der Waals surface area (Å²) >= 11 is 0. The van der Waals surface area contributed by atoms with Gasteiger partial charge in [0.1, 0.15) is 0 Å². The summed E-state index contributed by atoms with van der Waals surface area (Å²) in [4.78, 5) is 15.3. The van der Waals surface area contributed by atoms with Crippen LogP contribution in [0, 0.1) is 6.92 Å². The highest BCUT2D eigenvalue weighted by Crippen LogP contribution is 2.22. The summed E-state index contributed by atoms with van der Waals surface area (Å²) in [6, 6.07) is 8.08. The number of aryl methyl sites for hydroxylation is 1. The molecule has 0 atom stereocenters. The second-order valence-corrected chi connectivity index (χ2v) is 4.85. The molecule has 0 aliphatic rings. The van der Waals surface area contributed by atoms with Crippen LogP contribution in [-0.2, 0) is 16.0 Å². The number of aromatic nitrogens is 1. The second kappa shape index (κ2) is 7.10. The zero-order valence-corrected chi connectivity index (χ0v) is 12.2. The van der Waals surface area contributed by atoms with Gasteiger partial charge in [-0.1, -0.05) is 18.2 Å². The number of carbonyl (C=O) groups excluding carboxylic acids is 1. The van der Waals surface area contributed by atoms with Crippen molar-refractivity contribution in [1.82, 2.24) is 10.3 Å². The number of nitrogens with one attached hydrogen (secondary N) is 2. The minimum atomic E-state index is 0.0642. The lowest BCUT2D eigenvalue weighted by Gasteiger charge is -2.05. The van der Waals surface area contributed by atoms with E-state index in [0.29, 0.717) is 19.6 Å². The van der Waals surface area contributed by atoms with Gasteiger partial charge in [0, 0.05) is 36.4 Å². The van der Waals surface area contributed by atoms with E-state index in [2.05, 4.69) is 16.4 Å². The van der Waals surface area contributed by atoms with E-state index in [-0.39, 0.29) is 5.91 Å². The molecule has 4 heteroatoms. The Morgan fingerprint density at radius 1 is 1.35 bits per heavy atom. The van der Waals surface area contributed by atoms with Crippen molar-refractivity contribution in [3.05, 3.63) is 35.5 Å². The molecule has 0 saturated carbocycles. The van der Waals surface area contributed by atoms with Crippen LogP contribution in [0.15, 0.2) is 24.3 Å². The fraction of sp³-hybridized carbons (Fsp3) is 0.438. The van der Waals surface area contributed by atoms with Gasteiger partial charge in [0.05, 0.1) is 6.42 Å². The molecular formula is C16H22N2O2. The van der Waals surface area contributed by atoms with Gasteiger partial charge in [0.2, 0.25) is 5.91 Å². The third kappa shape index (κ3) is 3.61. The molecule has 20 heavy (non-hydrogen) atoms. The van der Waals surface area contributed by atoms with Gasteiger partial charge >= 0.3 is 0 Å². The smallest absolute Gasteiger partial charge is 0.224 e. The number of amides is 1. The number of carbonyl (C=O) groups is 1. The number of fused-ring (bicyclic) bond motifs is 1. The quantitative estimate of drug-likeness (QED) is 0.762. The first-order chi connectivity index (χ1) is 9.72. The molecule has 0 spiro atoms. The molecule has 4 nitrogen and oxygen atoms in total. The number of hydrogen-bond donors (Lipinski definition) is 2. The zero-order valence-electron chi connectivity index (χ0n) is 12.2. The Morgan fingerprint density at radius 2 is 2.15 bits per heavy atom.